The lowest BCUT2D eigenvalue weighted by atomic mass is 10.1. The summed E-state index contributed by atoms with van der Waals surface area (Å²) in [6, 6.07) is 1.20. The lowest BCUT2D eigenvalue weighted by Gasteiger charge is -1.97. The van der Waals surface area contributed by atoms with Crippen LogP contribution in [0.2, 0.25) is 0 Å². The Morgan fingerprint density at radius 3 is 2.79 bits per heavy atom. The van der Waals surface area contributed by atoms with Crippen molar-refractivity contribution in [2.24, 2.45) is 0 Å². The molecule has 0 unspecified atom stereocenters. The number of nitrogens with zero attached hydrogens (tertiary/aromatic N) is 1. The molecule has 0 fully saturated rings. The number of hydrogen-bond acceptors (Lipinski definition) is 4. The summed E-state index contributed by atoms with van der Waals surface area (Å²) in [7, 11) is 0. The molecule has 0 aromatic carbocycles. The second kappa shape index (κ2) is 3.69. The van der Waals surface area contributed by atoms with Crippen LogP contribution < -0.4 is 5.56 Å². The van der Waals surface area contributed by atoms with Gasteiger partial charge in [0, 0.05) is 11.8 Å². The lowest BCUT2D eigenvalue weighted by molar-refractivity contribution is -0.387. The van der Waals surface area contributed by atoms with Crippen molar-refractivity contribution in [3.63, 3.8) is 0 Å². The van der Waals surface area contributed by atoms with Crippen LogP contribution in [0.1, 0.15) is 5.56 Å². The van der Waals surface area contributed by atoms with Crippen LogP contribution in [-0.2, 0) is 11.2 Å². The molecule has 7 nitrogen and oxygen atoms in total. The van der Waals surface area contributed by atoms with E-state index in [1.807, 2.05) is 0 Å². The third-order valence-corrected chi connectivity index (χ3v) is 1.54. The molecule has 14 heavy (non-hydrogen) atoms. The summed E-state index contributed by atoms with van der Waals surface area (Å²) < 4.78 is 0. The largest absolute Gasteiger partial charge is 0.481 e. The summed E-state index contributed by atoms with van der Waals surface area (Å²) >= 11 is 0. The van der Waals surface area contributed by atoms with Gasteiger partial charge in [0.2, 0.25) is 0 Å². The highest BCUT2D eigenvalue weighted by molar-refractivity contribution is 5.71. The molecular formula is C7H6N2O5. The molecule has 0 aliphatic heterocycles. The van der Waals surface area contributed by atoms with Gasteiger partial charge in [-0.15, -0.1) is 0 Å². The van der Waals surface area contributed by atoms with Gasteiger partial charge >= 0.3 is 17.2 Å². The van der Waals surface area contributed by atoms with Crippen LogP contribution in [-0.4, -0.2) is 21.0 Å². The number of carboxylic acid groups (broad SMARTS) is 1. The molecule has 0 atom stereocenters. The first-order chi connectivity index (χ1) is 6.52. The topological polar surface area (TPSA) is 113 Å². The molecule has 7 heteroatoms. The summed E-state index contributed by atoms with van der Waals surface area (Å²) in [5, 5.41) is 18.8. The highest BCUT2D eigenvalue weighted by Crippen LogP contribution is 2.11. The maximum atomic E-state index is 11.0. The Kier molecular flexibility index (Phi) is 2.61. The minimum Gasteiger partial charge on any atom is -0.481 e. The summed E-state index contributed by atoms with van der Waals surface area (Å²) in [5.74, 6) is -1.22. The van der Waals surface area contributed by atoms with Gasteiger partial charge in [0.25, 0.3) is 0 Å². The second-order valence-electron chi connectivity index (χ2n) is 2.51. The molecule has 74 valence electrons. The third-order valence-electron chi connectivity index (χ3n) is 1.54. The van der Waals surface area contributed by atoms with E-state index in [0.29, 0.717) is 0 Å². The normalized spacial score (nSPS) is 9.71. The molecular weight excluding hydrogens is 192 g/mol. The van der Waals surface area contributed by atoms with Gasteiger partial charge in [0.1, 0.15) is 0 Å². The molecule has 0 bridgehead atoms. The molecule has 0 radical (unpaired) electrons. The van der Waals surface area contributed by atoms with Crippen molar-refractivity contribution < 1.29 is 14.8 Å². The zero-order chi connectivity index (χ0) is 10.7. The number of nitrogens with one attached hydrogen (secondary N) is 1. The van der Waals surface area contributed by atoms with Crippen LogP contribution in [0.15, 0.2) is 17.1 Å². The molecule has 0 saturated carbocycles. The van der Waals surface area contributed by atoms with E-state index in [-0.39, 0.29) is 5.56 Å². The van der Waals surface area contributed by atoms with Gasteiger partial charge in [0.05, 0.1) is 11.3 Å². The third kappa shape index (κ3) is 1.94. The fourth-order valence-electron chi connectivity index (χ4n) is 1.02. The van der Waals surface area contributed by atoms with Gasteiger partial charge in [-0.1, -0.05) is 0 Å². The number of aromatic nitrogens is 1. The number of carbonyl (C=O) groups is 1. The van der Waals surface area contributed by atoms with E-state index in [1.165, 1.54) is 12.3 Å². The van der Waals surface area contributed by atoms with Crippen LogP contribution >= 0.6 is 0 Å². The number of aromatic amines is 1. The summed E-state index contributed by atoms with van der Waals surface area (Å²) in [6.07, 6.45) is 0.633. The Morgan fingerprint density at radius 1 is 1.64 bits per heavy atom. The van der Waals surface area contributed by atoms with Crippen molar-refractivity contribution in [2.45, 2.75) is 6.42 Å². The average molecular weight is 198 g/mol. The van der Waals surface area contributed by atoms with E-state index in [1.54, 1.807) is 0 Å². The van der Waals surface area contributed by atoms with E-state index in [0.717, 1.165) is 0 Å². The highest BCUT2D eigenvalue weighted by atomic mass is 16.6. The molecule has 0 amide bonds. The van der Waals surface area contributed by atoms with Crippen LogP contribution in [0.4, 0.5) is 5.69 Å². The number of carboxylic acids is 1. The van der Waals surface area contributed by atoms with Gasteiger partial charge in [-0.2, -0.15) is 0 Å². The Labute approximate surface area is 77.2 Å². The van der Waals surface area contributed by atoms with Crippen molar-refractivity contribution in [3.05, 3.63) is 38.3 Å². The van der Waals surface area contributed by atoms with Gasteiger partial charge in [-0.05, 0) is 6.07 Å². The van der Waals surface area contributed by atoms with Crippen molar-refractivity contribution in [3.8, 4) is 0 Å². The monoisotopic (exact) mass is 198 g/mol. The molecule has 1 aromatic heterocycles. The first kappa shape index (κ1) is 9.90. The molecule has 0 saturated heterocycles. The fourth-order valence-corrected chi connectivity index (χ4v) is 1.02. The number of aliphatic carboxylic acids is 1. The average Bonchev–Trinajstić information content (AvgIpc) is 2.01. The van der Waals surface area contributed by atoms with Crippen molar-refractivity contribution in [1.82, 2.24) is 4.98 Å². The Bertz CT molecular complexity index is 436. The van der Waals surface area contributed by atoms with Crippen molar-refractivity contribution in [1.29, 1.82) is 0 Å². The zero-order valence-corrected chi connectivity index (χ0v) is 6.89. The van der Waals surface area contributed by atoms with Gasteiger partial charge in [-0.3, -0.25) is 19.7 Å². The van der Waals surface area contributed by atoms with Crippen LogP contribution in [0.25, 0.3) is 0 Å². The molecule has 1 rings (SSSR count). The summed E-state index contributed by atoms with van der Waals surface area (Å²) in [6.45, 7) is 0. The number of rotatable bonds is 3. The number of nitro groups is 1. The maximum Gasteiger partial charge on any atom is 0.337 e. The van der Waals surface area contributed by atoms with Crippen molar-refractivity contribution in [2.75, 3.05) is 0 Å². The van der Waals surface area contributed by atoms with E-state index in [4.69, 9.17) is 5.11 Å². The first-order valence-electron chi connectivity index (χ1n) is 3.59. The standard InChI is InChI=1S/C7H6N2O5/c10-5(11)3-4-1-2-8-7(12)6(4)9(13)14/h1-2H,3H2,(H,8,12)(H,10,11). The Morgan fingerprint density at radius 2 is 2.29 bits per heavy atom. The highest BCUT2D eigenvalue weighted by Gasteiger charge is 2.19. The molecule has 0 aliphatic carbocycles. The number of hydrogen-bond donors (Lipinski definition) is 2. The predicted molar refractivity (Wildman–Crippen MR) is 45.1 cm³/mol. The molecule has 2 N–H and O–H groups in total. The van der Waals surface area contributed by atoms with Gasteiger partial charge in [-0.25, -0.2) is 0 Å². The SMILES string of the molecule is O=C(O)Cc1cc[nH]c(=O)c1[N+](=O)[O-]. The molecule has 1 aromatic rings. The quantitative estimate of drug-likeness (QED) is 0.520. The minimum atomic E-state index is -1.22. The summed E-state index contributed by atoms with van der Waals surface area (Å²) in [5.41, 5.74) is -1.71. The van der Waals surface area contributed by atoms with E-state index >= 15 is 0 Å². The predicted octanol–water partition coefficient (Wildman–Crippen LogP) is -0.0898. The minimum absolute atomic E-state index is 0.105. The second-order valence-corrected chi connectivity index (χ2v) is 2.51. The van der Waals surface area contributed by atoms with E-state index < -0.39 is 28.6 Å². The van der Waals surface area contributed by atoms with Gasteiger partial charge in [0.15, 0.2) is 0 Å². The molecule has 0 aliphatic rings. The van der Waals surface area contributed by atoms with E-state index in [2.05, 4.69) is 4.98 Å². The molecule has 0 spiro atoms. The van der Waals surface area contributed by atoms with Crippen LogP contribution in [0, 0.1) is 10.1 Å². The Hall–Kier alpha value is -2.18. The van der Waals surface area contributed by atoms with Crippen LogP contribution in [0.5, 0.6) is 0 Å². The fraction of sp³-hybridized carbons (Fsp3) is 0.143. The first-order valence-corrected chi connectivity index (χ1v) is 3.59. The van der Waals surface area contributed by atoms with Crippen LogP contribution in [0.3, 0.4) is 0 Å². The number of pyridine rings is 1. The lowest BCUT2D eigenvalue weighted by Crippen LogP contribution is -2.15. The van der Waals surface area contributed by atoms with E-state index in [9.17, 15) is 19.7 Å². The van der Waals surface area contributed by atoms with Gasteiger partial charge < -0.3 is 10.1 Å². The molecule has 1 heterocycles. The maximum absolute atomic E-state index is 11.0. The van der Waals surface area contributed by atoms with Crippen molar-refractivity contribution >= 4 is 11.7 Å². The Balaban J connectivity index is 3.28. The zero-order valence-electron chi connectivity index (χ0n) is 6.89. The number of H-pyrrole nitrogens is 1. The smallest absolute Gasteiger partial charge is 0.337 e. The summed E-state index contributed by atoms with van der Waals surface area (Å²) in [4.78, 5) is 32.9.